The van der Waals surface area contributed by atoms with Gasteiger partial charge in [-0.1, -0.05) is 12.1 Å². The number of aryl methyl sites for hydroxylation is 1. The van der Waals surface area contributed by atoms with Crippen LogP contribution in [0.3, 0.4) is 0 Å². The lowest BCUT2D eigenvalue weighted by Gasteiger charge is -2.36. The van der Waals surface area contributed by atoms with Gasteiger partial charge in [-0.15, -0.1) is 0 Å². The van der Waals surface area contributed by atoms with Crippen molar-refractivity contribution in [3.63, 3.8) is 0 Å². The molecule has 4 rings (SSSR count). The van der Waals surface area contributed by atoms with Gasteiger partial charge in [0.25, 0.3) is 5.91 Å². The predicted octanol–water partition coefficient (Wildman–Crippen LogP) is 2.81. The van der Waals surface area contributed by atoms with Gasteiger partial charge in [0.1, 0.15) is 11.4 Å². The first-order valence-electron chi connectivity index (χ1n) is 10.2. The van der Waals surface area contributed by atoms with Crippen molar-refractivity contribution in [2.75, 3.05) is 31.1 Å². The topological polar surface area (TPSA) is 97.4 Å². The first-order chi connectivity index (χ1) is 14.9. The Hall–Kier alpha value is -3.75. The Bertz CT molecular complexity index is 1090. The molecule has 0 aliphatic carbocycles. The molecule has 1 saturated heterocycles. The molecule has 1 aliphatic heterocycles. The van der Waals surface area contributed by atoms with E-state index < -0.39 is 4.92 Å². The fourth-order valence-electron chi connectivity index (χ4n) is 3.94. The van der Waals surface area contributed by atoms with E-state index in [2.05, 4.69) is 15.0 Å². The molecule has 1 fully saturated rings. The van der Waals surface area contributed by atoms with Crippen LogP contribution >= 0.6 is 0 Å². The van der Waals surface area contributed by atoms with E-state index >= 15 is 0 Å². The van der Waals surface area contributed by atoms with Crippen molar-refractivity contribution < 1.29 is 9.72 Å². The molecule has 1 amide bonds. The van der Waals surface area contributed by atoms with Gasteiger partial charge in [-0.3, -0.25) is 24.6 Å². The number of hydrogen-bond donors (Lipinski definition) is 0. The van der Waals surface area contributed by atoms with Gasteiger partial charge in [-0.25, -0.2) is 0 Å². The van der Waals surface area contributed by atoms with Crippen molar-refractivity contribution in [3.05, 3.63) is 81.4 Å². The number of hydrogen-bond acceptors (Lipinski definition) is 6. The lowest BCUT2D eigenvalue weighted by molar-refractivity contribution is -0.386. The van der Waals surface area contributed by atoms with Gasteiger partial charge in [0.15, 0.2) is 0 Å². The quantitative estimate of drug-likeness (QED) is 0.465. The summed E-state index contributed by atoms with van der Waals surface area (Å²) in [6.07, 6.45) is 3.55. The molecule has 31 heavy (non-hydrogen) atoms. The van der Waals surface area contributed by atoms with E-state index in [0.29, 0.717) is 36.6 Å². The zero-order valence-corrected chi connectivity index (χ0v) is 17.6. The third kappa shape index (κ3) is 4.25. The van der Waals surface area contributed by atoms with E-state index in [-0.39, 0.29) is 11.6 Å². The molecule has 0 N–H and O–H groups in total. The highest BCUT2D eigenvalue weighted by atomic mass is 16.6. The van der Waals surface area contributed by atoms with Crippen LogP contribution in [0.25, 0.3) is 0 Å². The van der Waals surface area contributed by atoms with Crippen LogP contribution in [0.4, 0.5) is 11.4 Å². The summed E-state index contributed by atoms with van der Waals surface area (Å²) >= 11 is 0. The van der Waals surface area contributed by atoms with E-state index in [1.165, 1.54) is 0 Å². The molecular weight excluding hydrogens is 396 g/mol. The number of pyridine rings is 1. The lowest BCUT2D eigenvalue weighted by atomic mass is 10.1. The standard InChI is InChI=1S/C22H24N6O3/c1-16-21(28(30)31)17(2)27(24-16)15-18-3-5-19(6-4-18)22(29)26-13-11-25(12-14-26)20-7-9-23-10-8-20/h3-10H,11-15H2,1-2H3. The summed E-state index contributed by atoms with van der Waals surface area (Å²) in [6, 6.07) is 11.3. The van der Waals surface area contributed by atoms with Crippen molar-refractivity contribution in [2.24, 2.45) is 0 Å². The molecule has 3 aromatic rings. The lowest BCUT2D eigenvalue weighted by Crippen LogP contribution is -2.48. The average Bonchev–Trinajstić information content (AvgIpc) is 3.07. The number of carbonyl (C=O) groups excluding carboxylic acids is 1. The number of benzene rings is 1. The molecule has 0 spiro atoms. The van der Waals surface area contributed by atoms with Crippen LogP contribution in [0.1, 0.15) is 27.3 Å². The normalized spacial score (nSPS) is 14.0. The highest BCUT2D eigenvalue weighted by Crippen LogP contribution is 2.23. The Morgan fingerprint density at radius 3 is 2.26 bits per heavy atom. The Morgan fingerprint density at radius 2 is 1.68 bits per heavy atom. The van der Waals surface area contributed by atoms with Gasteiger partial charge in [0.2, 0.25) is 0 Å². The van der Waals surface area contributed by atoms with Crippen LogP contribution in [0.5, 0.6) is 0 Å². The molecule has 0 bridgehead atoms. The van der Waals surface area contributed by atoms with Crippen molar-refractivity contribution in [1.82, 2.24) is 19.7 Å². The second-order valence-electron chi connectivity index (χ2n) is 7.62. The molecular formula is C22H24N6O3. The number of nitrogens with zero attached hydrogens (tertiary/aromatic N) is 6. The van der Waals surface area contributed by atoms with Crippen molar-refractivity contribution >= 4 is 17.3 Å². The minimum Gasteiger partial charge on any atom is -0.368 e. The molecule has 3 heterocycles. The summed E-state index contributed by atoms with van der Waals surface area (Å²) in [4.78, 5) is 31.9. The van der Waals surface area contributed by atoms with Crippen molar-refractivity contribution in [1.29, 1.82) is 0 Å². The Balaban J connectivity index is 1.39. The van der Waals surface area contributed by atoms with Crippen molar-refractivity contribution in [3.8, 4) is 0 Å². The summed E-state index contributed by atoms with van der Waals surface area (Å²) in [7, 11) is 0. The summed E-state index contributed by atoms with van der Waals surface area (Å²) in [5.74, 6) is 0.0164. The maximum Gasteiger partial charge on any atom is 0.312 e. The molecule has 1 aromatic carbocycles. The predicted molar refractivity (Wildman–Crippen MR) is 116 cm³/mol. The van der Waals surface area contributed by atoms with Crippen LogP contribution in [-0.4, -0.2) is 56.7 Å². The van der Waals surface area contributed by atoms with Crippen LogP contribution in [-0.2, 0) is 6.54 Å². The van der Waals surface area contributed by atoms with Gasteiger partial charge in [-0.2, -0.15) is 5.10 Å². The van der Waals surface area contributed by atoms with Gasteiger partial charge < -0.3 is 9.80 Å². The van der Waals surface area contributed by atoms with Crippen LogP contribution in [0, 0.1) is 24.0 Å². The zero-order valence-electron chi connectivity index (χ0n) is 17.6. The molecule has 0 unspecified atom stereocenters. The number of piperazine rings is 1. The third-order valence-corrected chi connectivity index (χ3v) is 5.65. The van der Waals surface area contributed by atoms with Crippen LogP contribution in [0.15, 0.2) is 48.8 Å². The summed E-state index contributed by atoms with van der Waals surface area (Å²) < 4.78 is 1.63. The summed E-state index contributed by atoms with van der Waals surface area (Å²) in [6.45, 7) is 6.64. The van der Waals surface area contributed by atoms with E-state index in [0.717, 1.165) is 24.3 Å². The van der Waals surface area contributed by atoms with E-state index in [1.54, 1.807) is 30.9 Å². The number of carbonyl (C=O) groups is 1. The minimum absolute atomic E-state index is 0.0164. The van der Waals surface area contributed by atoms with Gasteiger partial charge in [-0.05, 0) is 43.7 Å². The molecule has 0 saturated carbocycles. The largest absolute Gasteiger partial charge is 0.368 e. The molecule has 1 aliphatic rings. The summed E-state index contributed by atoms with van der Waals surface area (Å²) in [5, 5.41) is 15.5. The van der Waals surface area contributed by atoms with Crippen LogP contribution in [0.2, 0.25) is 0 Å². The number of amides is 1. The number of aromatic nitrogens is 3. The first-order valence-corrected chi connectivity index (χ1v) is 10.2. The van der Waals surface area contributed by atoms with Gasteiger partial charge >= 0.3 is 5.69 Å². The second-order valence-corrected chi connectivity index (χ2v) is 7.62. The Labute approximate surface area is 180 Å². The molecule has 9 heteroatoms. The van der Waals surface area contributed by atoms with E-state index in [9.17, 15) is 14.9 Å². The first kappa shape index (κ1) is 20.5. The molecule has 2 aromatic heterocycles. The average molecular weight is 420 g/mol. The van der Waals surface area contributed by atoms with Gasteiger partial charge in [0.05, 0.1) is 11.5 Å². The second kappa shape index (κ2) is 8.55. The Morgan fingerprint density at radius 1 is 1.03 bits per heavy atom. The van der Waals surface area contributed by atoms with Gasteiger partial charge in [0, 0.05) is 49.8 Å². The maximum atomic E-state index is 12.9. The monoisotopic (exact) mass is 420 g/mol. The number of anilines is 1. The van der Waals surface area contributed by atoms with Crippen LogP contribution < -0.4 is 4.90 Å². The van der Waals surface area contributed by atoms with E-state index in [1.807, 2.05) is 41.3 Å². The van der Waals surface area contributed by atoms with Crippen molar-refractivity contribution in [2.45, 2.75) is 20.4 Å². The molecule has 160 valence electrons. The Kier molecular flexibility index (Phi) is 5.66. The third-order valence-electron chi connectivity index (χ3n) is 5.65. The minimum atomic E-state index is -0.398. The van der Waals surface area contributed by atoms with E-state index in [4.69, 9.17) is 0 Å². The highest BCUT2D eigenvalue weighted by molar-refractivity contribution is 5.94. The molecule has 0 atom stereocenters. The smallest absolute Gasteiger partial charge is 0.312 e. The number of rotatable bonds is 5. The summed E-state index contributed by atoms with van der Waals surface area (Å²) in [5.41, 5.74) is 3.67. The fourth-order valence-corrected chi connectivity index (χ4v) is 3.94. The maximum absolute atomic E-state index is 12.9. The molecule has 0 radical (unpaired) electrons. The molecule has 9 nitrogen and oxygen atoms in total. The zero-order chi connectivity index (χ0) is 22.0. The SMILES string of the molecule is Cc1nn(Cc2ccc(C(=O)N3CCN(c4ccncc4)CC3)cc2)c(C)c1[N+](=O)[O-]. The fraction of sp³-hybridized carbons (Fsp3) is 0.318. The number of nitro groups is 1. The highest BCUT2D eigenvalue weighted by Gasteiger charge is 2.23.